The first kappa shape index (κ1) is 14.2. The Morgan fingerprint density at radius 2 is 2.00 bits per heavy atom. The van der Waals surface area contributed by atoms with Crippen LogP contribution in [0.3, 0.4) is 0 Å². The molecule has 0 bridgehead atoms. The van der Waals surface area contributed by atoms with E-state index in [-0.39, 0.29) is 5.91 Å². The summed E-state index contributed by atoms with van der Waals surface area (Å²) in [6.07, 6.45) is 0. The minimum Gasteiger partial charge on any atom is -0.495 e. The second kappa shape index (κ2) is 5.84. The molecule has 0 atom stereocenters. The van der Waals surface area contributed by atoms with Crippen LogP contribution >= 0.6 is 11.6 Å². The van der Waals surface area contributed by atoms with Crippen molar-refractivity contribution < 1.29 is 9.53 Å². The van der Waals surface area contributed by atoms with Crippen molar-refractivity contribution in [3.63, 3.8) is 0 Å². The molecule has 0 aliphatic rings. The van der Waals surface area contributed by atoms with Crippen LogP contribution in [0.2, 0.25) is 5.02 Å². The molecule has 3 N–H and O–H groups in total. The lowest BCUT2D eigenvalue weighted by molar-refractivity contribution is 0.102. The number of halogens is 1. The van der Waals surface area contributed by atoms with Gasteiger partial charge in [0.15, 0.2) is 0 Å². The Labute approximate surface area is 122 Å². The van der Waals surface area contributed by atoms with E-state index in [0.717, 1.165) is 5.56 Å². The van der Waals surface area contributed by atoms with E-state index in [1.807, 2.05) is 6.92 Å². The van der Waals surface area contributed by atoms with Gasteiger partial charge in [-0.15, -0.1) is 0 Å². The van der Waals surface area contributed by atoms with Gasteiger partial charge in [0.1, 0.15) is 5.75 Å². The third-order valence-corrected chi connectivity index (χ3v) is 3.14. The maximum Gasteiger partial charge on any atom is 0.256 e. The summed E-state index contributed by atoms with van der Waals surface area (Å²) in [6, 6.07) is 10.2. The Kier molecular flexibility index (Phi) is 4.15. The molecule has 0 radical (unpaired) electrons. The van der Waals surface area contributed by atoms with Gasteiger partial charge in [0.25, 0.3) is 5.91 Å². The number of aryl methyl sites for hydroxylation is 1. The van der Waals surface area contributed by atoms with E-state index in [1.54, 1.807) is 36.4 Å². The summed E-state index contributed by atoms with van der Waals surface area (Å²) in [5, 5.41) is 3.39. The van der Waals surface area contributed by atoms with Gasteiger partial charge in [-0.3, -0.25) is 4.79 Å². The topological polar surface area (TPSA) is 64.3 Å². The average Bonchev–Trinajstić information content (AvgIpc) is 2.38. The molecule has 0 saturated carbocycles. The van der Waals surface area contributed by atoms with Gasteiger partial charge in [0, 0.05) is 16.3 Å². The number of ether oxygens (including phenoxy) is 1. The fourth-order valence-electron chi connectivity index (χ4n) is 1.89. The lowest BCUT2D eigenvalue weighted by atomic mass is 10.1. The SMILES string of the molecule is COc1ccc(N)cc1NC(=O)c1ccc(Cl)cc1C. The van der Waals surface area contributed by atoms with Gasteiger partial charge in [-0.2, -0.15) is 0 Å². The van der Waals surface area contributed by atoms with Gasteiger partial charge >= 0.3 is 0 Å². The summed E-state index contributed by atoms with van der Waals surface area (Å²) in [5.74, 6) is 0.322. The maximum atomic E-state index is 12.3. The van der Waals surface area contributed by atoms with E-state index < -0.39 is 0 Å². The molecule has 2 aromatic rings. The number of rotatable bonds is 3. The quantitative estimate of drug-likeness (QED) is 0.851. The molecule has 5 heteroatoms. The highest BCUT2D eigenvalue weighted by Gasteiger charge is 2.12. The lowest BCUT2D eigenvalue weighted by Gasteiger charge is -2.12. The first-order valence-electron chi connectivity index (χ1n) is 6.02. The van der Waals surface area contributed by atoms with Crippen molar-refractivity contribution >= 4 is 28.9 Å². The highest BCUT2D eigenvalue weighted by Crippen LogP contribution is 2.27. The van der Waals surface area contributed by atoms with Crippen LogP contribution in [0.15, 0.2) is 36.4 Å². The van der Waals surface area contributed by atoms with Crippen LogP contribution in [0.4, 0.5) is 11.4 Å². The number of nitrogen functional groups attached to an aromatic ring is 1. The smallest absolute Gasteiger partial charge is 0.256 e. The van der Waals surface area contributed by atoms with E-state index >= 15 is 0 Å². The molecule has 0 aliphatic carbocycles. The fourth-order valence-corrected chi connectivity index (χ4v) is 2.12. The van der Waals surface area contributed by atoms with Gasteiger partial charge in [0.2, 0.25) is 0 Å². The molecular formula is C15H15ClN2O2. The zero-order valence-electron chi connectivity index (χ0n) is 11.2. The molecule has 1 amide bonds. The number of nitrogens with two attached hydrogens (primary N) is 1. The average molecular weight is 291 g/mol. The number of hydrogen-bond donors (Lipinski definition) is 2. The number of carbonyl (C=O) groups excluding carboxylic acids is 1. The normalized spacial score (nSPS) is 10.2. The van der Waals surface area contributed by atoms with E-state index in [0.29, 0.717) is 27.7 Å². The predicted molar refractivity (Wildman–Crippen MR) is 81.5 cm³/mol. The molecule has 2 aromatic carbocycles. The van der Waals surface area contributed by atoms with Crippen LogP contribution in [0.5, 0.6) is 5.75 Å². The van der Waals surface area contributed by atoms with E-state index in [4.69, 9.17) is 22.1 Å². The van der Waals surface area contributed by atoms with E-state index in [2.05, 4.69) is 5.32 Å². The summed E-state index contributed by atoms with van der Waals surface area (Å²) in [6.45, 7) is 1.83. The first-order chi connectivity index (χ1) is 9.51. The standard InChI is InChI=1S/C15H15ClN2O2/c1-9-7-10(16)3-5-12(9)15(19)18-13-8-11(17)4-6-14(13)20-2/h3-8H,17H2,1-2H3,(H,18,19). The first-order valence-corrected chi connectivity index (χ1v) is 6.40. The molecule has 0 heterocycles. The van der Waals surface area contributed by atoms with Crippen LogP contribution in [-0.4, -0.2) is 13.0 Å². The van der Waals surface area contributed by atoms with Crippen LogP contribution in [0.1, 0.15) is 15.9 Å². The van der Waals surface area contributed by atoms with Gasteiger partial charge in [-0.25, -0.2) is 0 Å². The number of amides is 1. The molecule has 20 heavy (non-hydrogen) atoms. The molecule has 0 aromatic heterocycles. The Hall–Kier alpha value is -2.20. The third kappa shape index (κ3) is 3.03. The summed E-state index contributed by atoms with van der Waals surface area (Å²) in [4.78, 5) is 12.3. The molecule has 4 nitrogen and oxygen atoms in total. The van der Waals surface area contributed by atoms with Gasteiger partial charge in [-0.05, 0) is 48.9 Å². The zero-order chi connectivity index (χ0) is 14.7. The molecule has 0 saturated heterocycles. The Morgan fingerprint density at radius 3 is 2.65 bits per heavy atom. The predicted octanol–water partition coefficient (Wildman–Crippen LogP) is 3.49. The van der Waals surface area contributed by atoms with E-state index in [9.17, 15) is 4.79 Å². The maximum absolute atomic E-state index is 12.3. The second-order valence-electron chi connectivity index (χ2n) is 4.37. The summed E-state index contributed by atoms with van der Waals surface area (Å²) in [7, 11) is 1.54. The largest absolute Gasteiger partial charge is 0.495 e. The number of benzene rings is 2. The number of methoxy groups -OCH3 is 1. The molecule has 2 rings (SSSR count). The molecule has 0 unspecified atom stereocenters. The summed E-state index contributed by atoms with van der Waals surface area (Å²) in [5.41, 5.74) is 8.16. The molecule has 0 aliphatic heterocycles. The molecule has 104 valence electrons. The summed E-state index contributed by atoms with van der Waals surface area (Å²) >= 11 is 5.88. The van der Waals surface area contributed by atoms with Crippen LogP contribution in [0, 0.1) is 6.92 Å². The van der Waals surface area contributed by atoms with Crippen molar-refractivity contribution in [3.05, 3.63) is 52.5 Å². The number of carbonyl (C=O) groups is 1. The van der Waals surface area contributed by atoms with E-state index in [1.165, 1.54) is 7.11 Å². The lowest BCUT2D eigenvalue weighted by Crippen LogP contribution is -2.14. The highest BCUT2D eigenvalue weighted by atomic mass is 35.5. The van der Waals surface area contributed by atoms with Crippen molar-refractivity contribution in [3.8, 4) is 5.75 Å². The third-order valence-electron chi connectivity index (χ3n) is 2.90. The number of nitrogens with one attached hydrogen (secondary N) is 1. The van der Waals surface area contributed by atoms with Crippen LogP contribution < -0.4 is 15.8 Å². The van der Waals surface area contributed by atoms with Crippen molar-refractivity contribution in [1.82, 2.24) is 0 Å². The van der Waals surface area contributed by atoms with Crippen molar-refractivity contribution in [2.24, 2.45) is 0 Å². The summed E-state index contributed by atoms with van der Waals surface area (Å²) < 4.78 is 5.20. The highest BCUT2D eigenvalue weighted by molar-refractivity contribution is 6.30. The van der Waals surface area contributed by atoms with Crippen molar-refractivity contribution in [2.75, 3.05) is 18.2 Å². The van der Waals surface area contributed by atoms with Crippen LogP contribution in [0.25, 0.3) is 0 Å². The van der Waals surface area contributed by atoms with Gasteiger partial charge < -0.3 is 15.8 Å². The van der Waals surface area contributed by atoms with Crippen molar-refractivity contribution in [1.29, 1.82) is 0 Å². The number of anilines is 2. The molecule has 0 fully saturated rings. The molecular weight excluding hydrogens is 276 g/mol. The Morgan fingerprint density at radius 1 is 1.25 bits per heavy atom. The van der Waals surface area contributed by atoms with Crippen LogP contribution in [-0.2, 0) is 0 Å². The Bertz CT molecular complexity index is 656. The minimum absolute atomic E-state index is 0.233. The van der Waals surface area contributed by atoms with Gasteiger partial charge in [0.05, 0.1) is 12.8 Å². The monoisotopic (exact) mass is 290 g/mol. The van der Waals surface area contributed by atoms with Gasteiger partial charge in [-0.1, -0.05) is 11.6 Å². The Balaban J connectivity index is 2.30. The molecule has 0 spiro atoms. The zero-order valence-corrected chi connectivity index (χ0v) is 12.0. The number of hydrogen-bond acceptors (Lipinski definition) is 3. The van der Waals surface area contributed by atoms with Crippen molar-refractivity contribution in [2.45, 2.75) is 6.92 Å². The minimum atomic E-state index is -0.233. The second-order valence-corrected chi connectivity index (χ2v) is 4.81. The fraction of sp³-hybridized carbons (Fsp3) is 0.133.